The molecule has 1 aliphatic carbocycles. The number of thiocarbonyl (C=S) groups is 2. The minimum Gasteiger partial charge on any atom is -0.358 e. The summed E-state index contributed by atoms with van der Waals surface area (Å²) in [5.74, 6) is 0. The third-order valence-electron chi connectivity index (χ3n) is 5.55. The van der Waals surface area contributed by atoms with E-state index in [2.05, 4.69) is 20.2 Å². The number of piperidine rings is 2. The van der Waals surface area contributed by atoms with Gasteiger partial charge >= 0.3 is 0 Å². The van der Waals surface area contributed by atoms with E-state index >= 15 is 0 Å². The first kappa shape index (κ1) is 18.3. The predicted octanol–water partition coefficient (Wildman–Crippen LogP) is 3.67. The van der Waals surface area contributed by atoms with E-state index in [9.17, 15) is 0 Å². The molecule has 2 saturated heterocycles. The maximum atomic E-state index is 5.90. The predicted molar refractivity (Wildman–Crippen MR) is 108 cm³/mol. The fraction of sp³-hybridized carbons (Fsp3) is 0.889. The molecule has 3 aliphatic rings. The molecule has 0 spiro atoms. The summed E-state index contributed by atoms with van der Waals surface area (Å²) < 4.78 is 0. The van der Waals surface area contributed by atoms with Gasteiger partial charge in [-0.05, 0) is 69.4 Å². The van der Waals surface area contributed by atoms with Crippen LogP contribution in [-0.2, 0) is 0 Å². The van der Waals surface area contributed by atoms with Crippen LogP contribution in [0.4, 0.5) is 0 Å². The molecule has 136 valence electrons. The van der Waals surface area contributed by atoms with Gasteiger partial charge in [0.15, 0.2) is 10.2 Å². The highest BCUT2D eigenvalue weighted by molar-refractivity contribution is 7.81. The molecule has 0 atom stereocenters. The lowest BCUT2D eigenvalue weighted by molar-refractivity contribution is 0.0718. The zero-order valence-electron chi connectivity index (χ0n) is 14.8. The molecule has 0 radical (unpaired) electrons. The molecular formula is C18H32N4S2. The molecule has 2 heterocycles. The Bertz CT molecular complexity index is 425. The summed E-state index contributed by atoms with van der Waals surface area (Å²) in [6, 6.07) is 0.530. The van der Waals surface area contributed by atoms with Gasteiger partial charge in [0, 0.05) is 32.2 Å². The molecule has 3 rings (SSSR count). The summed E-state index contributed by atoms with van der Waals surface area (Å²) in [7, 11) is 0. The van der Waals surface area contributed by atoms with Crippen LogP contribution in [0.1, 0.15) is 70.6 Å². The van der Waals surface area contributed by atoms with E-state index in [0.29, 0.717) is 6.04 Å². The lowest BCUT2D eigenvalue weighted by Gasteiger charge is -2.43. The normalized spacial score (nSPS) is 23.8. The highest BCUT2D eigenvalue weighted by Crippen LogP contribution is 2.20. The SMILES string of the molecule is S=C(NC1CCCCC1)N(C(=S)N1CCCCC1)N1CCCCC1. The summed E-state index contributed by atoms with van der Waals surface area (Å²) in [5, 5.41) is 9.95. The lowest BCUT2D eigenvalue weighted by Crippen LogP contribution is -2.60. The van der Waals surface area contributed by atoms with Crippen LogP contribution in [0.2, 0.25) is 0 Å². The Balaban J connectivity index is 1.67. The summed E-state index contributed by atoms with van der Waals surface area (Å²) in [6.45, 7) is 4.30. The summed E-state index contributed by atoms with van der Waals surface area (Å²) in [5.41, 5.74) is 0. The van der Waals surface area contributed by atoms with E-state index < -0.39 is 0 Å². The van der Waals surface area contributed by atoms with Gasteiger partial charge in [-0.15, -0.1) is 0 Å². The van der Waals surface area contributed by atoms with Crippen molar-refractivity contribution in [1.29, 1.82) is 0 Å². The van der Waals surface area contributed by atoms with Crippen molar-refractivity contribution in [2.75, 3.05) is 26.2 Å². The van der Waals surface area contributed by atoms with Crippen LogP contribution in [0.15, 0.2) is 0 Å². The number of hydrazine groups is 1. The third-order valence-corrected chi connectivity index (χ3v) is 6.27. The molecule has 0 aromatic carbocycles. The molecule has 1 saturated carbocycles. The summed E-state index contributed by atoms with van der Waals surface area (Å²) >= 11 is 11.7. The second-order valence-electron chi connectivity index (χ2n) is 7.44. The van der Waals surface area contributed by atoms with E-state index in [1.807, 2.05) is 0 Å². The van der Waals surface area contributed by atoms with Gasteiger partial charge in [0.2, 0.25) is 0 Å². The van der Waals surface area contributed by atoms with Crippen molar-refractivity contribution in [2.45, 2.75) is 76.7 Å². The minimum atomic E-state index is 0.530. The van der Waals surface area contributed by atoms with E-state index in [-0.39, 0.29) is 0 Å². The van der Waals surface area contributed by atoms with E-state index in [1.165, 1.54) is 70.6 Å². The van der Waals surface area contributed by atoms with Crippen LogP contribution in [0, 0.1) is 0 Å². The molecule has 0 bridgehead atoms. The second kappa shape index (κ2) is 9.30. The first-order valence-corrected chi connectivity index (χ1v) is 10.7. The quantitative estimate of drug-likeness (QED) is 0.746. The maximum absolute atomic E-state index is 5.90. The number of nitrogens with one attached hydrogen (secondary N) is 1. The van der Waals surface area contributed by atoms with Crippen LogP contribution in [0.5, 0.6) is 0 Å². The van der Waals surface area contributed by atoms with Crippen molar-refractivity contribution >= 4 is 34.7 Å². The van der Waals surface area contributed by atoms with Crippen LogP contribution in [0.3, 0.4) is 0 Å². The Labute approximate surface area is 157 Å². The average Bonchev–Trinajstić information content (AvgIpc) is 2.64. The van der Waals surface area contributed by atoms with Gasteiger partial charge in [0.25, 0.3) is 0 Å². The zero-order valence-corrected chi connectivity index (χ0v) is 16.5. The largest absolute Gasteiger partial charge is 0.358 e. The van der Waals surface area contributed by atoms with Gasteiger partial charge < -0.3 is 10.2 Å². The van der Waals surface area contributed by atoms with E-state index in [4.69, 9.17) is 24.4 Å². The standard InChI is InChI=1S/C18H32N4S2/c23-17(19-16-10-4-1-5-11-16)22(21-14-8-3-9-15-21)18(24)20-12-6-2-7-13-20/h16H,1-15H2,(H,19,23). The molecule has 0 unspecified atom stereocenters. The number of nitrogens with zero attached hydrogens (tertiary/aromatic N) is 3. The number of rotatable bonds is 2. The molecule has 3 fully saturated rings. The topological polar surface area (TPSA) is 21.8 Å². The van der Waals surface area contributed by atoms with Crippen molar-refractivity contribution in [3.63, 3.8) is 0 Å². The number of likely N-dealkylation sites (tertiary alicyclic amines) is 1. The molecule has 0 amide bonds. The number of hydrogen-bond donors (Lipinski definition) is 1. The Morgan fingerprint density at radius 3 is 1.92 bits per heavy atom. The highest BCUT2D eigenvalue weighted by Gasteiger charge is 2.29. The summed E-state index contributed by atoms with van der Waals surface area (Å²) in [6.07, 6.45) is 14.1. The second-order valence-corrected chi connectivity index (χ2v) is 8.19. The Morgan fingerprint density at radius 1 is 0.750 bits per heavy atom. The van der Waals surface area contributed by atoms with Crippen molar-refractivity contribution in [3.05, 3.63) is 0 Å². The van der Waals surface area contributed by atoms with Crippen molar-refractivity contribution in [1.82, 2.24) is 20.2 Å². The van der Waals surface area contributed by atoms with Gasteiger partial charge in [0.1, 0.15) is 0 Å². The molecule has 2 aliphatic heterocycles. The summed E-state index contributed by atoms with van der Waals surface area (Å²) in [4.78, 5) is 2.36. The number of hydrogen-bond acceptors (Lipinski definition) is 3. The van der Waals surface area contributed by atoms with E-state index in [1.54, 1.807) is 0 Å². The fourth-order valence-electron chi connectivity index (χ4n) is 4.12. The van der Waals surface area contributed by atoms with Gasteiger partial charge in [-0.1, -0.05) is 25.7 Å². The van der Waals surface area contributed by atoms with Crippen LogP contribution in [0.25, 0.3) is 0 Å². The fourth-order valence-corrected chi connectivity index (χ4v) is 4.93. The van der Waals surface area contributed by atoms with E-state index in [0.717, 1.165) is 36.4 Å². The molecule has 6 heteroatoms. The maximum Gasteiger partial charge on any atom is 0.193 e. The van der Waals surface area contributed by atoms with Gasteiger partial charge in [0.05, 0.1) is 0 Å². The Kier molecular flexibility index (Phi) is 7.10. The van der Waals surface area contributed by atoms with Gasteiger partial charge in [-0.25, -0.2) is 10.0 Å². The zero-order chi connectivity index (χ0) is 16.8. The monoisotopic (exact) mass is 368 g/mol. The van der Waals surface area contributed by atoms with Gasteiger partial charge in [-0.3, -0.25) is 0 Å². The average molecular weight is 369 g/mol. The van der Waals surface area contributed by atoms with Crippen LogP contribution < -0.4 is 5.32 Å². The Hall–Kier alpha value is -0.460. The smallest absolute Gasteiger partial charge is 0.193 e. The minimum absolute atomic E-state index is 0.530. The van der Waals surface area contributed by atoms with Crippen molar-refractivity contribution < 1.29 is 0 Å². The van der Waals surface area contributed by atoms with Crippen molar-refractivity contribution in [2.24, 2.45) is 0 Å². The molecule has 24 heavy (non-hydrogen) atoms. The first-order chi connectivity index (χ1) is 11.8. The molecule has 0 aromatic rings. The molecule has 4 nitrogen and oxygen atoms in total. The molecular weight excluding hydrogens is 336 g/mol. The highest BCUT2D eigenvalue weighted by atomic mass is 32.1. The van der Waals surface area contributed by atoms with Gasteiger partial charge in [-0.2, -0.15) is 0 Å². The molecule has 1 N–H and O–H groups in total. The van der Waals surface area contributed by atoms with Crippen LogP contribution >= 0.6 is 24.4 Å². The lowest BCUT2D eigenvalue weighted by atomic mass is 9.96. The first-order valence-electron chi connectivity index (χ1n) is 9.90. The molecule has 0 aromatic heterocycles. The Morgan fingerprint density at radius 2 is 1.29 bits per heavy atom. The van der Waals surface area contributed by atoms with Crippen LogP contribution in [-0.4, -0.2) is 57.4 Å². The van der Waals surface area contributed by atoms with Crippen molar-refractivity contribution in [3.8, 4) is 0 Å². The third kappa shape index (κ3) is 4.79.